The fourth-order valence-electron chi connectivity index (χ4n) is 3.39. The Balaban J connectivity index is 1.60. The second-order valence-electron chi connectivity index (χ2n) is 6.69. The summed E-state index contributed by atoms with van der Waals surface area (Å²) in [4.78, 5) is 28.3. The van der Waals surface area contributed by atoms with Gasteiger partial charge in [0, 0.05) is 36.1 Å². The van der Waals surface area contributed by atoms with Crippen molar-refractivity contribution in [2.45, 2.75) is 12.5 Å². The highest BCUT2D eigenvalue weighted by Gasteiger charge is 2.39. The van der Waals surface area contributed by atoms with E-state index in [4.69, 9.17) is 21.0 Å². The maximum Gasteiger partial charge on any atom is 0.257 e. The summed E-state index contributed by atoms with van der Waals surface area (Å²) in [5.41, 5.74) is 2.85. The number of hydrogen-bond acceptors (Lipinski definition) is 5. The van der Waals surface area contributed by atoms with Crippen LogP contribution in [0.1, 0.15) is 16.9 Å². The first kappa shape index (κ1) is 17.6. The molecule has 4 heterocycles. The lowest BCUT2D eigenvalue weighted by Crippen LogP contribution is -2.37. The number of halogens is 1. The number of carbonyl (C=O) groups excluding carboxylic acids is 1. The van der Waals surface area contributed by atoms with Crippen LogP contribution in [0.3, 0.4) is 0 Å². The van der Waals surface area contributed by atoms with E-state index in [0.29, 0.717) is 40.0 Å². The molecule has 6 nitrogen and oxygen atoms in total. The van der Waals surface area contributed by atoms with Crippen molar-refractivity contribution in [2.24, 2.45) is 9.98 Å². The quantitative estimate of drug-likeness (QED) is 0.662. The molecule has 5 rings (SSSR count). The monoisotopic (exact) mass is 402 g/mol. The van der Waals surface area contributed by atoms with Gasteiger partial charge in [0.25, 0.3) is 5.91 Å². The van der Waals surface area contributed by atoms with Crippen molar-refractivity contribution >= 4 is 34.8 Å². The molecule has 3 aromatic rings. The number of amides is 1. The number of hydrogen-bond donors (Lipinski definition) is 0. The van der Waals surface area contributed by atoms with Crippen molar-refractivity contribution < 1.29 is 9.21 Å². The summed E-state index contributed by atoms with van der Waals surface area (Å²) in [6.07, 6.45) is 6.94. The van der Waals surface area contributed by atoms with E-state index < -0.39 is 6.04 Å². The Bertz CT molecular complexity index is 1170. The molecule has 0 saturated heterocycles. The van der Waals surface area contributed by atoms with Gasteiger partial charge < -0.3 is 4.42 Å². The van der Waals surface area contributed by atoms with Gasteiger partial charge in [-0.05, 0) is 18.2 Å². The number of pyridine rings is 1. The number of amidine groups is 1. The van der Waals surface area contributed by atoms with Crippen LogP contribution in [0.4, 0.5) is 0 Å². The lowest BCUT2D eigenvalue weighted by Gasteiger charge is -2.22. The Labute approximate surface area is 171 Å². The Morgan fingerprint density at radius 1 is 1.07 bits per heavy atom. The third kappa shape index (κ3) is 3.28. The van der Waals surface area contributed by atoms with Crippen molar-refractivity contribution in [3.05, 3.63) is 95.3 Å². The van der Waals surface area contributed by atoms with E-state index in [2.05, 4.69) is 9.98 Å². The summed E-state index contributed by atoms with van der Waals surface area (Å²) < 4.78 is 5.40. The zero-order valence-electron chi connectivity index (χ0n) is 15.2. The molecule has 0 N–H and O–H groups in total. The molecule has 7 heteroatoms. The van der Waals surface area contributed by atoms with Crippen molar-refractivity contribution in [3.63, 3.8) is 0 Å². The Morgan fingerprint density at radius 2 is 1.93 bits per heavy atom. The molecule has 1 atom stereocenters. The summed E-state index contributed by atoms with van der Waals surface area (Å²) >= 11 is 6.15. The van der Waals surface area contributed by atoms with E-state index in [1.54, 1.807) is 41.9 Å². The molecule has 1 aromatic carbocycles. The summed E-state index contributed by atoms with van der Waals surface area (Å²) in [7, 11) is 0. The van der Waals surface area contributed by atoms with Crippen LogP contribution in [0.15, 0.2) is 87.8 Å². The third-order valence-corrected chi connectivity index (χ3v) is 4.95. The normalized spacial score (nSPS) is 18.2. The van der Waals surface area contributed by atoms with Gasteiger partial charge in [-0.2, -0.15) is 0 Å². The summed E-state index contributed by atoms with van der Waals surface area (Å²) in [6.45, 7) is 0. The zero-order valence-corrected chi connectivity index (χ0v) is 16.0. The van der Waals surface area contributed by atoms with Crippen LogP contribution >= 0.6 is 11.6 Å². The van der Waals surface area contributed by atoms with E-state index in [9.17, 15) is 4.79 Å². The molecule has 0 radical (unpaired) electrons. The summed E-state index contributed by atoms with van der Waals surface area (Å²) in [6, 6.07) is 14.5. The number of benzene rings is 1. The smallest absolute Gasteiger partial charge is 0.257 e. The lowest BCUT2D eigenvalue weighted by molar-refractivity contribution is -0.125. The second kappa shape index (κ2) is 7.14. The minimum atomic E-state index is -0.570. The molecular weight excluding hydrogens is 388 g/mol. The molecule has 0 saturated carbocycles. The minimum Gasteiger partial charge on any atom is -0.469 e. The van der Waals surface area contributed by atoms with Crippen LogP contribution < -0.4 is 0 Å². The van der Waals surface area contributed by atoms with Crippen LogP contribution in [-0.4, -0.2) is 33.4 Å². The SMILES string of the molecule is O=C1C(Cc2ccco2)N=C2C(c3cncc(Cl)c3)=NC(c3ccccc3)=CN12. The topological polar surface area (TPSA) is 71.1 Å². The number of fused-ring (bicyclic) bond motifs is 1. The number of carbonyl (C=O) groups is 1. The average Bonchev–Trinajstić information content (AvgIpc) is 3.37. The fraction of sp³-hybridized carbons (Fsp3) is 0.0909. The highest BCUT2D eigenvalue weighted by atomic mass is 35.5. The van der Waals surface area contributed by atoms with Crippen LogP contribution in [0.2, 0.25) is 5.02 Å². The molecule has 0 bridgehead atoms. The molecule has 2 aromatic heterocycles. The molecule has 0 spiro atoms. The third-order valence-electron chi connectivity index (χ3n) is 4.75. The lowest BCUT2D eigenvalue weighted by atomic mass is 10.1. The second-order valence-corrected chi connectivity index (χ2v) is 7.13. The highest BCUT2D eigenvalue weighted by molar-refractivity contribution is 6.52. The number of rotatable bonds is 4. The van der Waals surface area contributed by atoms with E-state index in [0.717, 1.165) is 5.56 Å². The molecule has 1 amide bonds. The van der Waals surface area contributed by atoms with Gasteiger partial charge in [-0.1, -0.05) is 41.9 Å². The van der Waals surface area contributed by atoms with Gasteiger partial charge >= 0.3 is 0 Å². The van der Waals surface area contributed by atoms with Crippen molar-refractivity contribution in [2.75, 3.05) is 0 Å². The predicted octanol–water partition coefficient (Wildman–Crippen LogP) is 3.98. The number of aromatic nitrogens is 1. The van der Waals surface area contributed by atoms with Gasteiger partial charge in [-0.25, -0.2) is 4.99 Å². The average molecular weight is 403 g/mol. The Kier molecular flexibility index (Phi) is 4.33. The standard InChI is InChI=1S/C22H15ClN4O2/c23-16-9-15(11-24-12-16)20-21-26-18(10-17-7-4-8-29-17)22(28)27(21)13-19(25-20)14-5-2-1-3-6-14/h1-9,11-13,18H,10H2. The van der Waals surface area contributed by atoms with E-state index >= 15 is 0 Å². The number of nitrogens with zero attached hydrogens (tertiary/aromatic N) is 4. The van der Waals surface area contributed by atoms with Gasteiger partial charge in [-0.15, -0.1) is 0 Å². The van der Waals surface area contributed by atoms with Gasteiger partial charge in [0.15, 0.2) is 5.84 Å². The maximum atomic E-state index is 13.1. The van der Waals surface area contributed by atoms with Gasteiger partial charge in [0.2, 0.25) is 0 Å². The van der Waals surface area contributed by atoms with Gasteiger partial charge in [-0.3, -0.25) is 19.7 Å². The summed E-state index contributed by atoms with van der Waals surface area (Å²) in [5.74, 6) is 1.09. The van der Waals surface area contributed by atoms with Gasteiger partial charge in [0.1, 0.15) is 17.5 Å². The number of furan rings is 1. The van der Waals surface area contributed by atoms with Crippen LogP contribution in [0.25, 0.3) is 5.70 Å². The predicted molar refractivity (Wildman–Crippen MR) is 111 cm³/mol. The van der Waals surface area contributed by atoms with Crippen LogP contribution in [-0.2, 0) is 11.2 Å². The molecule has 0 aliphatic carbocycles. The molecular formula is C22H15ClN4O2. The molecule has 2 aliphatic rings. The largest absolute Gasteiger partial charge is 0.469 e. The molecule has 142 valence electrons. The van der Waals surface area contributed by atoms with E-state index in [1.165, 1.54) is 0 Å². The van der Waals surface area contributed by atoms with Crippen molar-refractivity contribution in [1.29, 1.82) is 0 Å². The van der Waals surface area contributed by atoms with E-state index in [-0.39, 0.29) is 5.91 Å². The Hall–Kier alpha value is -3.51. The highest BCUT2D eigenvalue weighted by Crippen LogP contribution is 2.29. The van der Waals surface area contributed by atoms with Gasteiger partial charge in [0.05, 0.1) is 17.0 Å². The van der Waals surface area contributed by atoms with Crippen LogP contribution in [0.5, 0.6) is 0 Å². The molecule has 1 unspecified atom stereocenters. The number of aliphatic imine (C=N–C) groups is 2. The first-order valence-electron chi connectivity index (χ1n) is 9.09. The van der Waals surface area contributed by atoms with E-state index in [1.807, 2.05) is 36.4 Å². The maximum absolute atomic E-state index is 13.1. The Morgan fingerprint density at radius 3 is 2.69 bits per heavy atom. The molecule has 29 heavy (non-hydrogen) atoms. The van der Waals surface area contributed by atoms with Crippen molar-refractivity contribution in [1.82, 2.24) is 9.88 Å². The van der Waals surface area contributed by atoms with Crippen molar-refractivity contribution in [3.8, 4) is 0 Å². The van der Waals surface area contributed by atoms with Crippen LogP contribution in [0, 0.1) is 0 Å². The molecule has 0 fully saturated rings. The first-order valence-corrected chi connectivity index (χ1v) is 9.47. The zero-order chi connectivity index (χ0) is 19.8. The minimum absolute atomic E-state index is 0.118. The first-order chi connectivity index (χ1) is 14.2. The summed E-state index contributed by atoms with van der Waals surface area (Å²) in [5, 5.41) is 0.490. The fourth-order valence-corrected chi connectivity index (χ4v) is 3.56. The molecule has 2 aliphatic heterocycles.